The molecule has 1 fully saturated rings. The second-order valence-corrected chi connectivity index (χ2v) is 9.65. The van der Waals surface area contributed by atoms with Crippen LogP contribution in [0.1, 0.15) is 35.2 Å². The van der Waals surface area contributed by atoms with Gasteiger partial charge in [-0.2, -0.15) is 0 Å². The van der Waals surface area contributed by atoms with Gasteiger partial charge >= 0.3 is 5.91 Å². The molecular weight excluding hydrogens is 522 g/mol. The summed E-state index contributed by atoms with van der Waals surface area (Å²) in [5.74, 6) is -1.92. The van der Waals surface area contributed by atoms with Crippen molar-refractivity contribution in [1.29, 1.82) is 0 Å². The minimum Gasteiger partial charge on any atom is -0.507 e. The Morgan fingerprint density at radius 1 is 1.10 bits per heavy atom. The standard InChI is InChI=1S/C29H26ClN3O6/c1-5-39-22-13-16(7-9-21(22)34)24-23(25(35)17-10-15(3)11-18(30)27(17)38-4)26(36)28(37)33(24)29-31-19-8-6-14(2)12-20(19)32-29/h6-13,24,34-35H,5H2,1-4H3,(H,31,32)/b25-23+. The van der Waals surface area contributed by atoms with E-state index in [9.17, 15) is 19.8 Å². The quantitative estimate of drug-likeness (QED) is 0.164. The van der Waals surface area contributed by atoms with Crippen molar-refractivity contribution in [3.05, 3.63) is 81.4 Å². The SMILES string of the molecule is CCOc1cc(C2/C(=C(\O)c3cc(C)cc(Cl)c3OC)C(=O)C(=O)N2c2nc3ccc(C)cc3[nH]2)ccc1O. The van der Waals surface area contributed by atoms with E-state index in [1.807, 2.05) is 25.1 Å². The van der Waals surface area contributed by atoms with Crippen molar-refractivity contribution in [2.24, 2.45) is 0 Å². The minimum absolute atomic E-state index is 0.108. The summed E-state index contributed by atoms with van der Waals surface area (Å²) in [4.78, 5) is 36.1. The smallest absolute Gasteiger partial charge is 0.302 e. The highest BCUT2D eigenvalue weighted by molar-refractivity contribution is 6.51. The number of nitrogens with zero attached hydrogens (tertiary/aromatic N) is 2. The van der Waals surface area contributed by atoms with E-state index >= 15 is 0 Å². The van der Waals surface area contributed by atoms with Crippen LogP contribution in [0.25, 0.3) is 16.8 Å². The number of aliphatic hydroxyl groups excluding tert-OH is 1. The van der Waals surface area contributed by atoms with Crippen LogP contribution in [-0.2, 0) is 9.59 Å². The molecule has 0 spiro atoms. The number of amides is 1. The maximum absolute atomic E-state index is 13.6. The fourth-order valence-electron chi connectivity index (χ4n) is 4.82. The largest absolute Gasteiger partial charge is 0.507 e. The molecule has 1 unspecified atom stereocenters. The van der Waals surface area contributed by atoms with Gasteiger partial charge in [-0.05, 0) is 73.9 Å². The number of ketones is 1. The number of aliphatic hydroxyl groups is 1. The molecule has 1 aliphatic rings. The number of halogens is 1. The number of aromatic nitrogens is 2. The predicted octanol–water partition coefficient (Wildman–Crippen LogP) is 5.57. The van der Waals surface area contributed by atoms with Gasteiger partial charge in [0.05, 0.1) is 47.0 Å². The van der Waals surface area contributed by atoms with Gasteiger partial charge in [0.2, 0.25) is 5.95 Å². The number of methoxy groups -OCH3 is 1. The summed E-state index contributed by atoms with van der Waals surface area (Å²) in [6.45, 7) is 5.75. The molecule has 3 aromatic carbocycles. The molecular formula is C29H26ClN3O6. The Hall–Kier alpha value is -4.50. The molecule has 1 saturated heterocycles. The van der Waals surface area contributed by atoms with Crippen LogP contribution in [-0.4, -0.2) is 45.6 Å². The lowest BCUT2D eigenvalue weighted by Gasteiger charge is -2.24. The van der Waals surface area contributed by atoms with Crippen molar-refractivity contribution in [2.75, 3.05) is 18.6 Å². The molecule has 1 atom stereocenters. The first kappa shape index (κ1) is 26.1. The zero-order valence-corrected chi connectivity index (χ0v) is 22.5. The van der Waals surface area contributed by atoms with E-state index in [1.165, 1.54) is 24.1 Å². The molecule has 1 amide bonds. The number of aromatic amines is 1. The Balaban J connectivity index is 1.79. The maximum atomic E-state index is 13.6. The van der Waals surface area contributed by atoms with Gasteiger partial charge in [-0.15, -0.1) is 0 Å². The van der Waals surface area contributed by atoms with Crippen molar-refractivity contribution in [3.8, 4) is 17.2 Å². The van der Waals surface area contributed by atoms with Gasteiger partial charge in [0.1, 0.15) is 11.5 Å². The van der Waals surface area contributed by atoms with E-state index < -0.39 is 23.5 Å². The predicted molar refractivity (Wildman–Crippen MR) is 148 cm³/mol. The molecule has 10 heteroatoms. The first-order chi connectivity index (χ1) is 18.6. The molecule has 0 radical (unpaired) electrons. The lowest BCUT2D eigenvalue weighted by Crippen LogP contribution is -2.30. The first-order valence-electron chi connectivity index (χ1n) is 12.2. The highest BCUT2D eigenvalue weighted by Crippen LogP contribution is 2.45. The van der Waals surface area contributed by atoms with Gasteiger partial charge in [0.25, 0.3) is 5.78 Å². The van der Waals surface area contributed by atoms with Crippen molar-refractivity contribution < 1.29 is 29.3 Å². The number of fused-ring (bicyclic) bond motifs is 1. The molecule has 39 heavy (non-hydrogen) atoms. The maximum Gasteiger partial charge on any atom is 0.302 e. The average Bonchev–Trinajstić information content (AvgIpc) is 3.42. The fraction of sp³-hybridized carbons (Fsp3) is 0.207. The summed E-state index contributed by atoms with van der Waals surface area (Å²) in [5, 5.41) is 22.2. The summed E-state index contributed by atoms with van der Waals surface area (Å²) in [5.41, 5.74) is 3.36. The number of anilines is 1. The number of nitrogens with one attached hydrogen (secondary N) is 1. The topological polar surface area (TPSA) is 125 Å². The van der Waals surface area contributed by atoms with Crippen LogP contribution in [0.3, 0.4) is 0 Å². The number of hydrogen-bond acceptors (Lipinski definition) is 7. The Morgan fingerprint density at radius 2 is 1.87 bits per heavy atom. The number of Topliss-reactive ketones (excluding diaryl/α,β-unsaturated/α-hetero) is 1. The van der Waals surface area contributed by atoms with E-state index in [4.69, 9.17) is 21.1 Å². The minimum atomic E-state index is -1.12. The third kappa shape index (κ3) is 4.44. The Morgan fingerprint density at radius 3 is 2.59 bits per heavy atom. The summed E-state index contributed by atoms with van der Waals surface area (Å²) in [6.07, 6.45) is 0. The summed E-state index contributed by atoms with van der Waals surface area (Å²) >= 11 is 6.38. The molecule has 1 aliphatic heterocycles. The van der Waals surface area contributed by atoms with Crippen molar-refractivity contribution in [1.82, 2.24) is 9.97 Å². The third-order valence-corrected chi connectivity index (χ3v) is 6.82. The lowest BCUT2D eigenvalue weighted by atomic mass is 9.94. The number of ether oxygens (including phenoxy) is 2. The number of hydrogen-bond donors (Lipinski definition) is 3. The number of aromatic hydroxyl groups is 1. The van der Waals surface area contributed by atoms with E-state index in [1.54, 1.807) is 32.0 Å². The van der Waals surface area contributed by atoms with Gasteiger partial charge in [-0.25, -0.2) is 4.98 Å². The monoisotopic (exact) mass is 547 g/mol. The number of imidazole rings is 1. The van der Waals surface area contributed by atoms with Gasteiger partial charge in [0, 0.05) is 0 Å². The average molecular weight is 548 g/mol. The lowest BCUT2D eigenvalue weighted by molar-refractivity contribution is -0.132. The number of phenols is 1. The molecule has 1 aromatic heterocycles. The normalized spacial score (nSPS) is 16.7. The highest BCUT2D eigenvalue weighted by Gasteiger charge is 2.48. The molecule has 4 aromatic rings. The molecule has 0 aliphatic carbocycles. The number of H-pyrrole nitrogens is 1. The van der Waals surface area contributed by atoms with E-state index in [0.29, 0.717) is 22.2 Å². The van der Waals surface area contributed by atoms with E-state index in [-0.39, 0.29) is 46.0 Å². The first-order valence-corrected chi connectivity index (χ1v) is 12.6. The summed E-state index contributed by atoms with van der Waals surface area (Å²) in [6, 6.07) is 12.2. The van der Waals surface area contributed by atoms with Gasteiger partial charge < -0.3 is 24.7 Å². The van der Waals surface area contributed by atoms with Gasteiger partial charge in [-0.1, -0.05) is 23.7 Å². The molecule has 9 nitrogen and oxygen atoms in total. The van der Waals surface area contributed by atoms with Crippen LogP contribution < -0.4 is 14.4 Å². The van der Waals surface area contributed by atoms with Crippen molar-refractivity contribution >= 4 is 46.0 Å². The Labute approximate surface area is 229 Å². The number of aryl methyl sites for hydroxylation is 2. The number of carbonyl (C=O) groups excluding carboxylic acids is 2. The van der Waals surface area contributed by atoms with Crippen molar-refractivity contribution in [2.45, 2.75) is 26.8 Å². The number of phenolic OH excluding ortho intramolecular Hbond substituents is 1. The van der Waals surface area contributed by atoms with Crippen LogP contribution in [0.15, 0.2) is 54.1 Å². The van der Waals surface area contributed by atoms with Crippen LogP contribution in [0.2, 0.25) is 5.02 Å². The Kier molecular flexibility index (Phi) is 6.69. The van der Waals surface area contributed by atoms with Crippen LogP contribution in [0, 0.1) is 13.8 Å². The zero-order valence-electron chi connectivity index (χ0n) is 21.7. The fourth-order valence-corrected chi connectivity index (χ4v) is 5.17. The second kappa shape index (κ2) is 9.99. The molecule has 0 bridgehead atoms. The van der Waals surface area contributed by atoms with Crippen LogP contribution in [0.5, 0.6) is 17.2 Å². The molecule has 5 rings (SSSR count). The highest BCUT2D eigenvalue weighted by atomic mass is 35.5. The van der Waals surface area contributed by atoms with Crippen molar-refractivity contribution in [3.63, 3.8) is 0 Å². The zero-order chi connectivity index (χ0) is 28.0. The second-order valence-electron chi connectivity index (χ2n) is 9.24. The molecule has 2 heterocycles. The van der Waals surface area contributed by atoms with E-state index in [0.717, 1.165) is 5.56 Å². The number of benzene rings is 3. The summed E-state index contributed by atoms with van der Waals surface area (Å²) < 4.78 is 11.0. The molecule has 0 saturated carbocycles. The number of carbonyl (C=O) groups is 2. The van der Waals surface area contributed by atoms with Crippen LogP contribution >= 0.6 is 11.6 Å². The molecule has 200 valence electrons. The summed E-state index contributed by atoms with van der Waals surface area (Å²) in [7, 11) is 1.40. The molecule has 3 N–H and O–H groups in total. The van der Waals surface area contributed by atoms with E-state index in [2.05, 4.69) is 9.97 Å². The third-order valence-electron chi connectivity index (χ3n) is 6.54. The van der Waals surface area contributed by atoms with Crippen LogP contribution in [0.4, 0.5) is 5.95 Å². The van der Waals surface area contributed by atoms with Gasteiger partial charge in [-0.3, -0.25) is 14.5 Å². The Bertz CT molecular complexity index is 1680. The number of rotatable bonds is 6. The van der Waals surface area contributed by atoms with Gasteiger partial charge in [0.15, 0.2) is 11.5 Å².